The lowest BCUT2D eigenvalue weighted by Gasteiger charge is -2.14. The van der Waals surface area contributed by atoms with Crippen LogP contribution < -0.4 is 0 Å². The summed E-state index contributed by atoms with van der Waals surface area (Å²) in [4.78, 5) is 11.2. The molecule has 0 aliphatic carbocycles. The molecule has 0 aromatic heterocycles. The van der Waals surface area contributed by atoms with Gasteiger partial charge in [0.1, 0.15) is 6.10 Å². The summed E-state index contributed by atoms with van der Waals surface area (Å²) in [6.45, 7) is 7.41. The third-order valence-electron chi connectivity index (χ3n) is 2.94. The lowest BCUT2D eigenvalue weighted by molar-refractivity contribution is -0.145. The molecule has 3 heteroatoms. The van der Waals surface area contributed by atoms with Gasteiger partial charge in [0.05, 0.1) is 12.5 Å². The summed E-state index contributed by atoms with van der Waals surface area (Å²) in [5.74, 6) is 0.223. The van der Waals surface area contributed by atoms with E-state index in [0.29, 0.717) is 6.61 Å². The molecule has 0 bridgehead atoms. The largest absolute Gasteiger partial charge is 0.459 e. The van der Waals surface area contributed by atoms with E-state index in [2.05, 4.69) is 6.92 Å². The molecule has 0 aromatic carbocycles. The minimum atomic E-state index is -0.0819. The molecule has 1 aliphatic rings. The summed E-state index contributed by atoms with van der Waals surface area (Å²) in [5, 5.41) is 0. The van der Waals surface area contributed by atoms with Gasteiger partial charge in [-0.3, -0.25) is 4.79 Å². The van der Waals surface area contributed by atoms with Crippen molar-refractivity contribution in [1.82, 2.24) is 0 Å². The van der Waals surface area contributed by atoms with Gasteiger partial charge in [0, 0.05) is 12.5 Å². The highest BCUT2D eigenvalue weighted by Crippen LogP contribution is 2.27. The van der Waals surface area contributed by atoms with Gasteiger partial charge in [-0.05, 0) is 6.42 Å². The van der Waals surface area contributed by atoms with E-state index in [-0.39, 0.29) is 23.9 Å². The van der Waals surface area contributed by atoms with Crippen LogP contribution in [0.5, 0.6) is 0 Å². The van der Waals surface area contributed by atoms with Crippen molar-refractivity contribution in [1.29, 1.82) is 0 Å². The zero-order chi connectivity index (χ0) is 10.6. The van der Waals surface area contributed by atoms with Crippen LogP contribution in [-0.2, 0) is 14.3 Å². The van der Waals surface area contributed by atoms with Crippen molar-refractivity contribution in [2.24, 2.45) is 11.8 Å². The van der Waals surface area contributed by atoms with Crippen molar-refractivity contribution in [3.8, 4) is 0 Å². The van der Waals surface area contributed by atoms with Crippen LogP contribution in [0.1, 0.15) is 33.6 Å². The average molecular weight is 200 g/mol. The van der Waals surface area contributed by atoms with Gasteiger partial charge in [-0.2, -0.15) is 0 Å². The van der Waals surface area contributed by atoms with Crippen LogP contribution in [0.25, 0.3) is 0 Å². The molecule has 14 heavy (non-hydrogen) atoms. The highest BCUT2D eigenvalue weighted by molar-refractivity contribution is 5.74. The van der Waals surface area contributed by atoms with Gasteiger partial charge in [0.15, 0.2) is 0 Å². The quantitative estimate of drug-likeness (QED) is 0.503. The number of carbonyl (C=O) groups is 1. The normalized spacial score (nSPS) is 31.9. The van der Waals surface area contributed by atoms with Crippen molar-refractivity contribution < 1.29 is 14.3 Å². The van der Waals surface area contributed by atoms with E-state index in [1.54, 1.807) is 0 Å². The lowest BCUT2D eigenvalue weighted by Crippen LogP contribution is -2.22. The van der Waals surface area contributed by atoms with E-state index < -0.39 is 0 Å². The molecule has 3 nitrogen and oxygen atoms in total. The van der Waals surface area contributed by atoms with Crippen molar-refractivity contribution in [3.05, 3.63) is 0 Å². The van der Waals surface area contributed by atoms with Gasteiger partial charge in [-0.25, -0.2) is 0 Å². The zero-order valence-electron chi connectivity index (χ0n) is 9.29. The molecule has 1 saturated heterocycles. The molecule has 0 spiro atoms. The number of rotatable bonds is 5. The molecule has 1 aliphatic heterocycles. The van der Waals surface area contributed by atoms with E-state index in [4.69, 9.17) is 9.47 Å². The highest BCUT2D eigenvalue weighted by atomic mass is 16.6. The molecule has 0 saturated carbocycles. The van der Waals surface area contributed by atoms with Crippen molar-refractivity contribution >= 4 is 5.97 Å². The molecule has 0 N–H and O–H groups in total. The summed E-state index contributed by atoms with van der Waals surface area (Å²) in [5.41, 5.74) is 0. The smallest absolute Gasteiger partial charge is 0.309 e. The van der Waals surface area contributed by atoms with E-state index in [1.807, 2.05) is 13.8 Å². The van der Waals surface area contributed by atoms with Gasteiger partial charge in [0.2, 0.25) is 0 Å². The first-order valence-electron chi connectivity index (χ1n) is 5.45. The van der Waals surface area contributed by atoms with Crippen molar-refractivity contribution in [2.75, 3.05) is 13.2 Å². The Bertz CT molecular complexity index is 191. The topological polar surface area (TPSA) is 35.5 Å². The van der Waals surface area contributed by atoms with E-state index in [9.17, 15) is 4.79 Å². The monoisotopic (exact) mass is 200 g/mol. The number of unbranched alkanes of at least 4 members (excludes halogenated alkanes) is 1. The molecule has 82 valence electrons. The van der Waals surface area contributed by atoms with E-state index in [0.717, 1.165) is 19.4 Å². The fourth-order valence-electron chi connectivity index (χ4n) is 1.53. The Kier molecular flexibility index (Phi) is 4.39. The second kappa shape index (κ2) is 5.35. The lowest BCUT2D eigenvalue weighted by atomic mass is 9.94. The molecule has 1 fully saturated rings. The number of cyclic esters (lactones) is 1. The fraction of sp³-hybridized carbons (Fsp3) is 0.909. The zero-order valence-corrected chi connectivity index (χ0v) is 9.29. The Hall–Kier alpha value is -0.570. The van der Waals surface area contributed by atoms with Crippen LogP contribution in [0.4, 0.5) is 0 Å². The maximum Gasteiger partial charge on any atom is 0.309 e. The summed E-state index contributed by atoms with van der Waals surface area (Å²) in [6.07, 6.45) is 2.18. The Morgan fingerprint density at radius 2 is 2.14 bits per heavy atom. The summed E-state index contributed by atoms with van der Waals surface area (Å²) in [6, 6.07) is 0. The Balaban J connectivity index is 2.22. The first-order valence-corrected chi connectivity index (χ1v) is 5.45. The fourth-order valence-corrected chi connectivity index (χ4v) is 1.53. The number of ether oxygens (including phenoxy) is 2. The van der Waals surface area contributed by atoms with Crippen LogP contribution in [0.15, 0.2) is 0 Å². The maximum atomic E-state index is 11.2. The van der Waals surface area contributed by atoms with Crippen LogP contribution in [-0.4, -0.2) is 25.3 Å². The Labute approximate surface area is 85.8 Å². The minimum absolute atomic E-state index is 0.0229. The molecule has 0 unspecified atom stereocenters. The van der Waals surface area contributed by atoms with Crippen LogP contribution >= 0.6 is 0 Å². The summed E-state index contributed by atoms with van der Waals surface area (Å²) < 4.78 is 10.6. The van der Waals surface area contributed by atoms with E-state index in [1.165, 1.54) is 0 Å². The van der Waals surface area contributed by atoms with Gasteiger partial charge < -0.3 is 9.47 Å². The van der Waals surface area contributed by atoms with Gasteiger partial charge in [-0.1, -0.05) is 27.2 Å². The Morgan fingerprint density at radius 1 is 1.43 bits per heavy atom. The predicted octanol–water partition coefficient (Wildman–Crippen LogP) is 2.00. The molecule has 1 rings (SSSR count). The van der Waals surface area contributed by atoms with Gasteiger partial charge in [0.25, 0.3) is 0 Å². The van der Waals surface area contributed by atoms with Crippen LogP contribution in [0, 0.1) is 11.8 Å². The third kappa shape index (κ3) is 2.71. The molecule has 0 aromatic rings. The SMILES string of the molecule is CCCCOC[C@H]1OC(=O)[C@H](C)[C@@H]1C. The average Bonchev–Trinajstić information content (AvgIpc) is 2.41. The first-order chi connectivity index (χ1) is 6.66. The highest BCUT2D eigenvalue weighted by Gasteiger charge is 2.38. The second-order valence-electron chi connectivity index (χ2n) is 4.05. The van der Waals surface area contributed by atoms with Crippen LogP contribution in [0.3, 0.4) is 0 Å². The van der Waals surface area contributed by atoms with Crippen LogP contribution in [0.2, 0.25) is 0 Å². The number of hydrogen-bond acceptors (Lipinski definition) is 3. The second-order valence-corrected chi connectivity index (χ2v) is 4.05. The van der Waals surface area contributed by atoms with Gasteiger partial charge >= 0.3 is 5.97 Å². The molecular weight excluding hydrogens is 180 g/mol. The number of hydrogen-bond donors (Lipinski definition) is 0. The molecule has 3 atom stereocenters. The summed E-state index contributed by atoms with van der Waals surface area (Å²) in [7, 11) is 0. The third-order valence-corrected chi connectivity index (χ3v) is 2.94. The van der Waals surface area contributed by atoms with E-state index >= 15 is 0 Å². The standard InChI is InChI=1S/C11H20O3/c1-4-5-6-13-7-10-8(2)9(3)11(12)14-10/h8-10H,4-7H2,1-3H3/t8-,9+,10+/m0/s1. The molecule has 0 amide bonds. The molecular formula is C11H20O3. The minimum Gasteiger partial charge on any atom is -0.459 e. The molecule has 1 heterocycles. The van der Waals surface area contributed by atoms with Crippen molar-refractivity contribution in [3.63, 3.8) is 0 Å². The molecule has 0 radical (unpaired) electrons. The number of esters is 1. The van der Waals surface area contributed by atoms with Crippen molar-refractivity contribution in [2.45, 2.75) is 39.7 Å². The predicted molar refractivity (Wildman–Crippen MR) is 53.9 cm³/mol. The first kappa shape index (κ1) is 11.5. The Morgan fingerprint density at radius 3 is 2.64 bits per heavy atom. The van der Waals surface area contributed by atoms with Gasteiger partial charge in [-0.15, -0.1) is 0 Å². The maximum absolute atomic E-state index is 11.2. The summed E-state index contributed by atoms with van der Waals surface area (Å²) >= 11 is 0. The number of carbonyl (C=O) groups excluding carboxylic acids is 1.